The number of rotatable bonds is 6. The molecule has 0 aliphatic heterocycles. The van der Waals surface area contributed by atoms with Crippen molar-refractivity contribution in [3.63, 3.8) is 0 Å². The first-order valence-electron chi connectivity index (χ1n) is 5.83. The summed E-state index contributed by atoms with van der Waals surface area (Å²) in [6, 6.07) is 5.22. The molecule has 0 saturated heterocycles. The number of hydrogen-bond donors (Lipinski definition) is 1. The van der Waals surface area contributed by atoms with Crippen molar-refractivity contribution in [2.45, 2.75) is 25.0 Å². The summed E-state index contributed by atoms with van der Waals surface area (Å²) >= 11 is 1.31. The zero-order valence-corrected chi connectivity index (χ0v) is 12.5. The van der Waals surface area contributed by atoms with E-state index in [9.17, 15) is 17.2 Å². The number of alkyl halides is 2. The molecule has 2 rings (SSSR count). The molecule has 0 spiro atoms. The number of aromatic nitrogens is 1. The van der Waals surface area contributed by atoms with Crippen LogP contribution >= 0.6 is 11.3 Å². The van der Waals surface area contributed by atoms with Crippen LogP contribution in [0.4, 0.5) is 8.78 Å². The lowest BCUT2D eigenvalue weighted by atomic mass is 10.3. The normalized spacial score (nSPS) is 11.8. The molecule has 0 radical (unpaired) electrons. The van der Waals surface area contributed by atoms with E-state index in [4.69, 9.17) is 0 Å². The third-order valence-electron chi connectivity index (χ3n) is 2.43. The monoisotopic (exact) mass is 334 g/mol. The van der Waals surface area contributed by atoms with Gasteiger partial charge in [0.2, 0.25) is 10.0 Å². The summed E-state index contributed by atoms with van der Waals surface area (Å²) in [6.07, 6.45) is 0. The fourth-order valence-electron chi connectivity index (χ4n) is 1.58. The molecule has 9 heteroatoms. The van der Waals surface area contributed by atoms with Crippen molar-refractivity contribution in [1.29, 1.82) is 0 Å². The molecule has 0 amide bonds. The second-order valence-electron chi connectivity index (χ2n) is 4.03. The number of halogens is 2. The van der Waals surface area contributed by atoms with E-state index in [1.54, 1.807) is 12.3 Å². The first-order chi connectivity index (χ1) is 9.88. The van der Waals surface area contributed by atoms with Gasteiger partial charge in [0.15, 0.2) is 0 Å². The molecule has 0 aliphatic rings. The SMILES string of the molecule is Cc1csc(CNS(=O)(=O)c2ccccc2OC(F)F)n1. The molecule has 21 heavy (non-hydrogen) atoms. The maximum Gasteiger partial charge on any atom is 0.387 e. The van der Waals surface area contributed by atoms with Crippen LogP contribution in [0.2, 0.25) is 0 Å². The molecule has 0 saturated carbocycles. The Balaban J connectivity index is 2.19. The number of nitrogens with one attached hydrogen (secondary N) is 1. The van der Waals surface area contributed by atoms with Crippen LogP contribution in [0.25, 0.3) is 0 Å². The lowest BCUT2D eigenvalue weighted by molar-refractivity contribution is -0.0517. The van der Waals surface area contributed by atoms with E-state index < -0.39 is 22.4 Å². The van der Waals surface area contributed by atoms with Crippen molar-refractivity contribution in [3.8, 4) is 5.75 Å². The van der Waals surface area contributed by atoms with Crippen molar-refractivity contribution < 1.29 is 21.9 Å². The fraction of sp³-hybridized carbons (Fsp3) is 0.250. The van der Waals surface area contributed by atoms with Gasteiger partial charge in [-0.05, 0) is 19.1 Å². The van der Waals surface area contributed by atoms with Crippen LogP contribution in [0.1, 0.15) is 10.7 Å². The molecular weight excluding hydrogens is 322 g/mol. The molecule has 1 N–H and O–H groups in total. The standard InChI is InChI=1S/C12H12F2N2O3S2/c1-8-7-20-11(16-8)6-15-21(17,18)10-5-3-2-4-9(10)19-12(13)14/h2-5,7,12,15H,6H2,1H3. The Labute approximate surface area is 124 Å². The predicted octanol–water partition coefficient (Wildman–Crippen LogP) is 2.53. The van der Waals surface area contributed by atoms with Crippen LogP contribution in [0.15, 0.2) is 34.5 Å². The van der Waals surface area contributed by atoms with Gasteiger partial charge in [0.1, 0.15) is 15.7 Å². The lowest BCUT2D eigenvalue weighted by Crippen LogP contribution is -2.24. The van der Waals surface area contributed by atoms with E-state index in [-0.39, 0.29) is 11.4 Å². The molecule has 0 unspecified atom stereocenters. The highest BCUT2D eigenvalue weighted by atomic mass is 32.2. The van der Waals surface area contributed by atoms with E-state index in [0.29, 0.717) is 5.01 Å². The Kier molecular flexibility index (Phi) is 4.86. The van der Waals surface area contributed by atoms with E-state index in [1.807, 2.05) is 0 Å². The number of para-hydroxylation sites is 1. The molecule has 0 bridgehead atoms. The van der Waals surface area contributed by atoms with Gasteiger partial charge in [0.25, 0.3) is 0 Å². The van der Waals surface area contributed by atoms with Gasteiger partial charge in [-0.25, -0.2) is 18.1 Å². The summed E-state index contributed by atoms with van der Waals surface area (Å²) in [5.74, 6) is -0.393. The van der Waals surface area contributed by atoms with Crippen molar-refractivity contribution in [1.82, 2.24) is 9.71 Å². The average Bonchev–Trinajstić information content (AvgIpc) is 2.82. The molecule has 0 aliphatic carbocycles. The van der Waals surface area contributed by atoms with Crippen molar-refractivity contribution in [2.75, 3.05) is 0 Å². The predicted molar refractivity (Wildman–Crippen MR) is 74.0 cm³/mol. The van der Waals surface area contributed by atoms with Crippen LogP contribution < -0.4 is 9.46 Å². The Morgan fingerprint density at radius 3 is 2.71 bits per heavy atom. The van der Waals surface area contributed by atoms with Crippen molar-refractivity contribution in [3.05, 3.63) is 40.3 Å². The first kappa shape index (κ1) is 15.8. The number of sulfonamides is 1. The molecule has 1 aromatic heterocycles. The van der Waals surface area contributed by atoms with Gasteiger partial charge in [-0.15, -0.1) is 11.3 Å². The topological polar surface area (TPSA) is 68.3 Å². The third kappa shape index (κ3) is 4.19. The molecule has 2 aromatic rings. The van der Waals surface area contributed by atoms with Gasteiger partial charge >= 0.3 is 6.61 Å². The smallest absolute Gasteiger partial charge is 0.387 e. The zero-order chi connectivity index (χ0) is 15.5. The quantitative estimate of drug-likeness (QED) is 0.881. The molecule has 114 valence electrons. The summed E-state index contributed by atoms with van der Waals surface area (Å²) in [5, 5.41) is 2.38. The Hall–Kier alpha value is -1.58. The number of thiazole rings is 1. The highest BCUT2D eigenvalue weighted by Gasteiger charge is 2.21. The van der Waals surface area contributed by atoms with Gasteiger partial charge in [0, 0.05) is 11.1 Å². The van der Waals surface area contributed by atoms with Crippen LogP contribution in [-0.4, -0.2) is 20.0 Å². The van der Waals surface area contributed by atoms with E-state index in [2.05, 4.69) is 14.4 Å². The number of benzene rings is 1. The van der Waals surface area contributed by atoms with Gasteiger partial charge < -0.3 is 4.74 Å². The van der Waals surface area contributed by atoms with Crippen LogP contribution in [0, 0.1) is 6.92 Å². The Morgan fingerprint density at radius 2 is 2.10 bits per heavy atom. The fourth-order valence-corrected chi connectivity index (χ4v) is 3.51. The van der Waals surface area contributed by atoms with Crippen molar-refractivity contribution in [2.24, 2.45) is 0 Å². The molecule has 1 heterocycles. The van der Waals surface area contributed by atoms with Gasteiger partial charge in [-0.1, -0.05) is 12.1 Å². The first-order valence-corrected chi connectivity index (χ1v) is 8.19. The molecule has 5 nitrogen and oxygen atoms in total. The number of ether oxygens (including phenoxy) is 1. The molecule has 1 aromatic carbocycles. The summed E-state index contributed by atoms with van der Waals surface area (Å²) < 4.78 is 55.4. The summed E-state index contributed by atoms with van der Waals surface area (Å²) in [5.41, 5.74) is 0.788. The Bertz CT molecular complexity index is 717. The minimum Gasteiger partial charge on any atom is -0.433 e. The maximum absolute atomic E-state index is 12.3. The van der Waals surface area contributed by atoms with Gasteiger partial charge in [-0.3, -0.25) is 0 Å². The minimum atomic E-state index is -3.97. The number of aryl methyl sites for hydroxylation is 1. The molecule has 0 atom stereocenters. The van der Waals surface area contributed by atoms with E-state index in [1.165, 1.54) is 35.6 Å². The van der Waals surface area contributed by atoms with Crippen molar-refractivity contribution >= 4 is 21.4 Å². The highest BCUT2D eigenvalue weighted by Crippen LogP contribution is 2.25. The average molecular weight is 334 g/mol. The highest BCUT2D eigenvalue weighted by molar-refractivity contribution is 7.89. The minimum absolute atomic E-state index is 0.0101. The summed E-state index contributed by atoms with van der Waals surface area (Å²) in [7, 11) is -3.97. The second-order valence-corrected chi connectivity index (χ2v) is 6.71. The van der Waals surface area contributed by atoms with Gasteiger partial charge in [-0.2, -0.15) is 8.78 Å². The second kappa shape index (κ2) is 6.46. The zero-order valence-electron chi connectivity index (χ0n) is 10.9. The largest absolute Gasteiger partial charge is 0.433 e. The maximum atomic E-state index is 12.3. The van der Waals surface area contributed by atoms with Gasteiger partial charge in [0.05, 0.1) is 6.54 Å². The summed E-state index contributed by atoms with van der Waals surface area (Å²) in [4.78, 5) is 3.78. The molecule has 0 fully saturated rings. The van der Waals surface area contributed by atoms with E-state index >= 15 is 0 Å². The third-order valence-corrected chi connectivity index (χ3v) is 4.84. The Morgan fingerprint density at radius 1 is 1.38 bits per heavy atom. The van der Waals surface area contributed by atoms with Crippen LogP contribution in [0.3, 0.4) is 0 Å². The number of hydrogen-bond acceptors (Lipinski definition) is 5. The summed E-state index contributed by atoms with van der Waals surface area (Å²) in [6.45, 7) is -1.31. The lowest BCUT2D eigenvalue weighted by Gasteiger charge is -2.11. The molecular formula is C12H12F2N2O3S2. The van der Waals surface area contributed by atoms with E-state index in [0.717, 1.165) is 5.69 Å². The van der Waals surface area contributed by atoms with Crippen LogP contribution in [-0.2, 0) is 16.6 Å². The number of nitrogens with zero attached hydrogens (tertiary/aromatic N) is 1. The van der Waals surface area contributed by atoms with Crippen LogP contribution in [0.5, 0.6) is 5.75 Å².